The average molecular weight is 323 g/mol. The Bertz CT molecular complexity index is 566. The molecule has 1 saturated heterocycles. The molecular formula is C17H23ClN2O2. The van der Waals surface area contributed by atoms with Gasteiger partial charge in [0.05, 0.1) is 0 Å². The summed E-state index contributed by atoms with van der Waals surface area (Å²) in [6, 6.07) is 5.60. The molecule has 0 saturated carbocycles. The van der Waals surface area contributed by atoms with E-state index in [1.165, 1.54) is 6.92 Å². The second-order valence-corrected chi connectivity index (χ2v) is 6.44. The van der Waals surface area contributed by atoms with Crippen LogP contribution in [-0.2, 0) is 4.79 Å². The number of nitrogens with one attached hydrogen (secondary N) is 1. The van der Waals surface area contributed by atoms with Gasteiger partial charge in [0.1, 0.15) is 0 Å². The zero-order chi connectivity index (χ0) is 16.3. The van der Waals surface area contributed by atoms with Gasteiger partial charge in [0.15, 0.2) is 0 Å². The third-order valence-corrected chi connectivity index (χ3v) is 4.87. The molecule has 120 valence electrons. The topological polar surface area (TPSA) is 49.4 Å². The number of piperidine rings is 1. The van der Waals surface area contributed by atoms with Gasteiger partial charge in [-0.2, -0.15) is 0 Å². The van der Waals surface area contributed by atoms with Crippen molar-refractivity contribution in [2.45, 2.75) is 39.7 Å². The van der Waals surface area contributed by atoms with Gasteiger partial charge in [0.2, 0.25) is 5.91 Å². The van der Waals surface area contributed by atoms with Crippen LogP contribution in [0.5, 0.6) is 0 Å². The molecule has 0 spiro atoms. The summed E-state index contributed by atoms with van der Waals surface area (Å²) < 4.78 is 0. The molecule has 1 fully saturated rings. The Kier molecular flexibility index (Phi) is 5.46. The van der Waals surface area contributed by atoms with E-state index >= 15 is 0 Å². The van der Waals surface area contributed by atoms with E-state index in [4.69, 9.17) is 11.6 Å². The molecular weight excluding hydrogens is 300 g/mol. The van der Waals surface area contributed by atoms with Crippen molar-refractivity contribution >= 4 is 23.4 Å². The van der Waals surface area contributed by atoms with Crippen LogP contribution in [0, 0.1) is 12.8 Å². The number of likely N-dealkylation sites (tertiary alicyclic amines) is 1. The van der Waals surface area contributed by atoms with Crippen molar-refractivity contribution in [1.82, 2.24) is 10.2 Å². The van der Waals surface area contributed by atoms with Gasteiger partial charge < -0.3 is 10.2 Å². The quantitative estimate of drug-likeness (QED) is 0.930. The predicted octanol–water partition coefficient (Wildman–Crippen LogP) is 3.03. The average Bonchev–Trinajstić information content (AvgIpc) is 2.49. The summed E-state index contributed by atoms with van der Waals surface area (Å²) in [4.78, 5) is 25.6. The fourth-order valence-corrected chi connectivity index (χ4v) is 3.23. The number of nitrogens with zero attached hydrogens (tertiary/aromatic N) is 1. The largest absolute Gasteiger partial charge is 0.354 e. The number of rotatable bonds is 3. The second kappa shape index (κ2) is 7.14. The van der Waals surface area contributed by atoms with Gasteiger partial charge in [-0.3, -0.25) is 9.59 Å². The maximum atomic E-state index is 12.6. The Labute approximate surface area is 136 Å². The lowest BCUT2D eigenvalue weighted by molar-refractivity contribution is -0.120. The molecule has 2 amide bonds. The number of halogens is 1. The predicted molar refractivity (Wildman–Crippen MR) is 88.1 cm³/mol. The number of hydrogen-bond acceptors (Lipinski definition) is 2. The first kappa shape index (κ1) is 16.8. The molecule has 1 unspecified atom stereocenters. The van der Waals surface area contributed by atoms with Crippen LogP contribution in [0.4, 0.5) is 0 Å². The SMILES string of the molecule is CC(=O)NC(C)C1CCN(C(=O)c2cccc(Cl)c2C)CC1. The highest BCUT2D eigenvalue weighted by Crippen LogP contribution is 2.24. The normalized spacial score (nSPS) is 17.2. The number of benzene rings is 1. The van der Waals surface area contributed by atoms with Gasteiger partial charge >= 0.3 is 0 Å². The van der Waals surface area contributed by atoms with E-state index in [0.717, 1.165) is 31.5 Å². The van der Waals surface area contributed by atoms with Crippen molar-refractivity contribution in [2.75, 3.05) is 13.1 Å². The molecule has 1 aliphatic rings. The highest BCUT2D eigenvalue weighted by atomic mass is 35.5. The van der Waals surface area contributed by atoms with E-state index in [-0.39, 0.29) is 17.9 Å². The lowest BCUT2D eigenvalue weighted by Gasteiger charge is -2.35. The first-order valence-corrected chi connectivity index (χ1v) is 8.09. The summed E-state index contributed by atoms with van der Waals surface area (Å²) >= 11 is 6.10. The molecule has 1 aliphatic heterocycles. The van der Waals surface area contributed by atoms with Crippen LogP contribution in [0.2, 0.25) is 5.02 Å². The minimum absolute atomic E-state index is 0.000517. The fraction of sp³-hybridized carbons (Fsp3) is 0.529. The maximum Gasteiger partial charge on any atom is 0.254 e. The summed E-state index contributed by atoms with van der Waals surface area (Å²) in [6.45, 7) is 6.89. The minimum atomic E-state index is 0.000517. The van der Waals surface area contributed by atoms with Gasteiger partial charge in [-0.1, -0.05) is 17.7 Å². The lowest BCUT2D eigenvalue weighted by Crippen LogP contribution is -2.45. The van der Waals surface area contributed by atoms with Crippen molar-refractivity contribution in [3.8, 4) is 0 Å². The van der Waals surface area contributed by atoms with Crippen molar-refractivity contribution in [1.29, 1.82) is 0 Å². The van der Waals surface area contributed by atoms with Crippen molar-refractivity contribution in [3.63, 3.8) is 0 Å². The number of hydrogen-bond donors (Lipinski definition) is 1. The van der Waals surface area contributed by atoms with E-state index in [1.54, 1.807) is 6.07 Å². The van der Waals surface area contributed by atoms with E-state index in [1.807, 2.05) is 30.9 Å². The van der Waals surface area contributed by atoms with Crippen molar-refractivity contribution < 1.29 is 9.59 Å². The maximum absolute atomic E-state index is 12.6. The summed E-state index contributed by atoms with van der Waals surface area (Å²) in [7, 11) is 0. The molecule has 5 heteroatoms. The summed E-state index contributed by atoms with van der Waals surface area (Å²) in [5.74, 6) is 0.472. The molecule has 1 heterocycles. The molecule has 1 aromatic rings. The molecule has 4 nitrogen and oxygen atoms in total. The Morgan fingerprint density at radius 3 is 2.55 bits per heavy atom. The first-order valence-electron chi connectivity index (χ1n) is 7.71. The molecule has 1 atom stereocenters. The standard InChI is InChI=1S/C17H23ClN2O2/c1-11-15(5-4-6-16(11)18)17(22)20-9-7-14(8-10-20)12(2)19-13(3)21/h4-6,12,14H,7-10H2,1-3H3,(H,19,21). The van der Waals surface area contributed by atoms with E-state index < -0.39 is 0 Å². The third-order valence-electron chi connectivity index (χ3n) is 4.46. The molecule has 2 rings (SSSR count). The second-order valence-electron chi connectivity index (χ2n) is 6.03. The molecule has 0 radical (unpaired) electrons. The van der Waals surface area contributed by atoms with Crippen LogP contribution in [0.25, 0.3) is 0 Å². The van der Waals surface area contributed by atoms with Gasteiger partial charge in [-0.05, 0) is 50.3 Å². The zero-order valence-corrected chi connectivity index (χ0v) is 14.1. The fourth-order valence-electron chi connectivity index (χ4n) is 3.05. The van der Waals surface area contributed by atoms with E-state index in [0.29, 0.717) is 16.5 Å². The molecule has 0 aliphatic carbocycles. The lowest BCUT2D eigenvalue weighted by atomic mass is 9.90. The number of carbonyl (C=O) groups is 2. The highest BCUT2D eigenvalue weighted by molar-refractivity contribution is 6.31. The summed E-state index contributed by atoms with van der Waals surface area (Å²) in [5, 5.41) is 3.57. The molecule has 1 N–H and O–H groups in total. The van der Waals surface area contributed by atoms with Gasteiger partial charge in [-0.25, -0.2) is 0 Å². The molecule has 1 aromatic carbocycles. The highest BCUT2D eigenvalue weighted by Gasteiger charge is 2.27. The monoisotopic (exact) mass is 322 g/mol. The van der Waals surface area contributed by atoms with Crippen LogP contribution < -0.4 is 5.32 Å². The first-order chi connectivity index (χ1) is 10.4. The van der Waals surface area contributed by atoms with Crippen LogP contribution in [0.1, 0.15) is 42.6 Å². The molecule has 0 bridgehead atoms. The molecule has 22 heavy (non-hydrogen) atoms. The van der Waals surface area contributed by atoms with Gasteiger partial charge in [0.25, 0.3) is 5.91 Å². The van der Waals surface area contributed by atoms with Crippen LogP contribution in [-0.4, -0.2) is 35.8 Å². The number of amides is 2. The summed E-state index contributed by atoms with van der Waals surface area (Å²) in [5.41, 5.74) is 1.52. The van der Waals surface area contributed by atoms with Crippen LogP contribution in [0.3, 0.4) is 0 Å². The van der Waals surface area contributed by atoms with E-state index in [9.17, 15) is 9.59 Å². The number of carbonyl (C=O) groups excluding carboxylic acids is 2. The smallest absolute Gasteiger partial charge is 0.254 e. The third kappa shape index (κ3) is 3.80. The van der Waals surface area contributed by atoms with Crippen molar-refractivity contribution in [3.05, 3.63) is 34.3 Å². The van der Waals surface area contributed by atoms with Crippen LogP contribution in [0.15, 0.2) is 18.2 Å². The van der Waals surface area contributed by atoms with Crippen molar-refractivity contribution in [2.24, 2.45) is 5.92 Å². The Morgan fingerprint density at radius 2 is 1.95 bits per heavy atom. The van der Waals surface area contributed by atoms with Gasteiger partial charge in [-0.15, -0.1) is 0 Å². The summed E-state index contributed by atoms with van der Waals surface area (Å²) in [6.07, 6.45) is 1.82. The Morgan fingerprint density at radius 1 is 1.32 bits per heavy atom. The minimum Gasteiger partial charge on any atom is -0.354 e. The van der Waals surface area contributed by atoms with Gasteiger partial charge in [0, 0.05) is 36.6 Å². The Balaban J connectivity index is 1.98. The van der Waals surface area contributed by atoms with E-state index in [2.05, 4.69) is 5.32 Å². The zero-order valence-electron chi connectivity index (χ0n) is 13.4. The van der Waals surface area contributed by atoms with Crippen LogP contribution >= 0.6 is 11.6 Å². The Hall–Kier alpha value is -1.55. The molecule has 0 aromatic heterocycles.